The van der Waals surface area contributed by atoms with E-state index in [1.807, 2.05) is 48.5 Å². The van der Waals surface area contributed by atoms with Crippen molar-refractivity contribution in [1.29, 1.82) is 0 Å². The lowest BCUT2D eigenvalue weighted by Crippen LogP contribution is -2.36. The van der Waals surface area contributed by atoms with Gasteiger partial charge in [0.15, 0.2) is 5.69 Å². The average Bonchev–Trinajstić information content (AvgIpc) is 3.00. The molecule has 34 heavy (non-hydrogen) atoms. The molecule has 1 unspecified atom stereocenters. The van der Waals surface area contributed by atoms with Gasteiger partial charge in [-0.1, -0.05) is 68.8 Å². The molecular weight excluding hydrogens is 448 g/mol. The van der Waals surface area contributed by atoms with Gasteiger partial charge in [-0.15, -0.1) is 10.2 Å². The Bertz CT molecular complexity index is 1140. The molecule has 0 saturated carbocycles. The number of nitrogens with zero attached hydrogens (tertiary/aromatic N) is 4. The highest BCUT2D eigenvalue weighted by Crippen LogP contribution is 2.44. The average molecular weight is 479 g/mol. The highest BCUT2D eigenvalue weighted by molar-refractivity contribution is 7.99. The Morgan fingerprint density at radius 3 is 2.65 bits per heavy atom. The van der Waals surface area contributed by atoms with Gasteiger partial charge in [-0.3, -0.25) is 9.69 Å². The van der Waals surface area contributed by atoms with Crippen LogP contribution in [0.3, 0.4) is 0 Å². The van der Waals surface area contributed by atoms with Crippen molar-refractivity contribution in [2.24, 2.45) is 0 Å². The number of anilines is 1. The van der Waals surface area contributed by atoms with Gasteiger partial charge in [-0.05, 0) is 31.0 Å². The van der Waals surface area contributed by atoms with Crippen LogP contribution in [0.4, 0.5) is 5.69 Å². The first-order valence-electron chi connectivity index (χ1n) is 11.8. The largest absolute Gasteiger partial charge is 0.493 e. The molecule has 3 aromatic rings. The number of aromatic nitrogens is 3. The first-order valence-corrected chi connectivity index (χ1v) is 12.8. The molecule has 7 nitrogen and oxygen atoms in total. The third kappa shape index (κ3) is 5.17. The number of carbonyl (C=O) groups is 1. The maximum atomic E-state index is 13.0. The zero-order valence-corrected chi connectivity index (χ0v) is 20.7. The molecule has 1 aliphatic heterocycles. The number of carbonyl (C=O) groups excluding carboxylic acids is 1. The van der Waals surface area contributed by atoms with Crippen LogP contribution in [0.2, 0.25) is 0 Å². The molecule has 0 bridgehead atoms. The van der Waals surface area contributed by atoms with Gasteiger partial charge in [0.25, 0.3) is 0 Å². The summed E-state index contributed by atoms with van der Waals surface area (Å²) in [6.45, 7) is 6.34. The standard InChI is InChI=1S/C26H30N4O3S/c1-4-6-11-17-34-26-27-24-23(28-29-26)19-12-7-9-14-21(19)30(18(3)31)25(33-24)20-13-8-10-15-22(20)32-16-5-2/h7-10,12-15,25H,4-6,11,16-17H2,1-3H3. The highest BCUT2D eigenvalue weighted by atomic mass is 32.2. The molecular formula is C26H30N4O3S. The van der Waals surface area contributed by atoms with Crippen LogP contribution in [-0.4, -0.2) is 33.4 Å². The lowest BCUT2D eigenvalue weighted by atomic mass is 10.1. The van der Waals surface area contributed by atoms with Crippen molar-refractivity contribution in [2.45, 2.75) is 57.8 Å². The number of benzene rings is 2. The Kier molecular flexibility index (Phi) is 8.00. The highest BCUT2D eigenvalue weighted by Gasteiger charge is 2.36. The van der Waals surface area contributed by atoms with Gasteiger partial charge in [0.2, 0.25) is 23.2 Å². The molecule has 1 aliphatic rings. The number of rotatable bonds is 9. The van der Waals surface area contributed by atoms with Gasteiger partial charge >= 0.3 is 0 Å². The number of amides is 1. The van der Waals surface area contributed by atoms with E-state index in [2.05, 4.69) is 24.0 Å². The van der Waals surface area contributed by atoms with E-state index in [0.717, 1.165) is 36.1 Å². The van der Waals surface area contributed by atoms with Gasteiger partial charge in [0, 0.05) is 18.2 Å². The monoisotopic (exact) mass is 478 g/mol. The van der Waals surface area contributed by atoms with Crippen LogP contribution in [0.15, 0.2) is 53.7 Å². The summed E-state index contributed by atoms with van der Waals surface area (Å²) in [5.74, 6) is 1.80. The summed E-state index contributed by atoms with van der Waals surface area (Å²) in [7, 11) is 0. The van der Waals surface area contributed by atoms with Gasteiger partial charge in [-0.2, -0.15) is 4.98 Å². The van der Waals surface area contributed by atoms with E-state index in [4.69, 9.17) is 14.5 Å². The lowest BCUT2D eigenvalue weighted by molar-refractivity contribution is -0.118. The SMILES string of the molecule is CCCCCSc1nnc2c(n1)OC(c1ccccc1OCCC)N(C(C)=O)c1ccccc1-2. The molecule has 8 heteroatoms. The molecule has 0 fully saturated rings. The number of thioether (sulfide) groups is 1. The molecule has 0 saturated heterocycles. The molecule has 178 valence electrons. The maximum Gasteiger partial charge on any atom is 0.247 e. The third-order valence-corrected chi connectivity index (χ3v) is 6.40. The van der Waals surface area contributed by atoms with Gasteiger partial charge in [0.1, 0.15) is 5.75 Å². The van der Waals surface area contributed by atoms with Crippen molar-refractivity contribution in [3.8, 4) is 22.9 Å². The quantitative estimate of drug-likeness (QED) is 0.273. The fourth-order valence-electron chi connectivity index (χ4n) is 3.86. The van der Waals surface area contributed by atoms with Gasteiger partial charge in [-0.25, -0.2) is 0 Å². The minimum Gasteiger partial charge on any atom is -0.493 e. The van der Waals surface area contributed by atoms with Crippen LogP contribution in [0.1, 0.15) is 58.2 Å². The Balaban J connectivity index is 1.81. The lowest BCUT2D eigenvalue weighted by Gasteiger charge is -2.30. The maximum absolute atomic E-state index is 13.0. The Morgan fingerprint density at radius 2 is 1.85 bits per heavy atom. The molecule has 2 heterocycles. The molecule has 0 aliphatic carbocycles. The minimum atomic E-state index is -0.761. The summed E-state index contributed by atoms with van der Waals surface area (Å²) < 4.78 is 12.5. The first-order chi connectivity index (χ1) is 16.6. The van der Waals surface area contributed by atoms with E-state index in [1.165, 1.54) is 13.3 Å². The predicted octanol–water partition coefficient (Wildman–Crippen LogP) is 6.05. The number of hydrogen-bond acceptors (Lipinski definition) is 7. The van der Waals surface area contributed by atoms with Crippen LogP contribution >= 0.6 is 11.8 Å². The number of hydrogen-bond donors (Lipinski definition) is 0. The Morgan fingerprint density at radius 1 is 1.06 bits per heavy atom. The van der Waals surface area contributed by atoms with E-state index in [9.17, 15) is 4.79 Å². The first kappa shape index (κ1) is 24.0. The smallest absolute Gasteiger partial charge is 0.247 e. The molecule has 0 N–H and O–H groups in total. The van der Waals surface area contributed by atoms with Crippen LogP contribution in [-0.2, 0) is 4.79 Å². The third-order valence-electron chi connectivity index (χ3n) is 5.48. The van der Waals surface area contributed by atoms with Crippen molar-refractivity contribution >= 4 is 23.4 Å². The van der Waals surface area contributed by atoms with Crippen LogP contribution < -0.4 is 14.4 Å². The minimum absolute atomic E-state index is 0.155. The second kappa shape index (κ2) is 11.3. The zero-order chi connectivity index (χ0) is 23.9. The summed E-state index contributed by atoms with van der Waals surface area (Å²) in [6.07, 6.45) is 3.53. The van der Waals surface area contributed by atoms with E-state index in [-0.39, 0.29) is 5.91 Å². The number of ether oxygens (including phenoxy) is 2. The predicted molar refractivity (Wildman–Crippen MR) is 134 cm³/mol. The van der Waals surface area contributed by atoms with Crippen molar-refractivity contribution in [2.75, 3.05) is 17.3 Å². The summed E-state index contributed by atoms with van der Waals surface area (Å²) in [4.78, 5) is 19.3. The molecule has 1 aromatic heterocycles. The summed E-state index contributed by atoms with van der Waals surface area (Å²) >= 11 is 1.57. The van der Waals surface area contributed by atoms with E-state index >= 15 is 0 Å². The second-order valence-electron chi connectivity index (χ2n) is 8.07. The van der Waals surface area contributed by atoms with Gasteiger partial charge < -0.3 is 9.47 Å². The van der Waals surface area contributed by atoms with Crippen LogP contribution in [0.25, 0.3) is 11.3 Å². The van der Waals surface area contributed by atoms with E-state index < -0.39 is 6.23 Å². The number of para-hydroxylation sites is 2. The van der Waals surface area contributed by atoms with Crippen LogP contribution in [0.5, 0.6) is 11.6 Å². The van der Waals surface area contributed by atoms with E-state index in [0.29, 0.717) is 34.8 Å². The molecule has 0 spiro atoms. The summed E-state index contributed by atoms with van der Waals surface area (Å²) in [5.41, 5.74) is 2.73. The molecule has 0 radical (unpaired) electrons. The van der Waals surface area contributed by atoms with Gasteiger partial charge in [0.05, 0.1) is 17.9 Å². The number of fused-ring (bicyclic) bond motifs is 3. The molecule has 4 rings (SSSR count). The fourth-order valence-corrected chi connectivity index (χ4v) is 4.64. The van der Waals surface area contributed by atoms with Crippen molar-refractivity contribution in [1.82, 2.24) is 15.2 Å². The van der Waals surface area contributed by atoms with Crippen LogP contribution in [0, 0.1) is 0 Å². The summed E-state index contributed by atoms with van der Waals surface area (Å²) in [5, 5.41) is 9.40. The Labute approximate surface area is 204 Å². The Hall–Kier alpha value is -3.13. The molecule has 1 atom stereocenters. The second-order valence-corrected chi connectivity index (χ2v) is 9.13. The van der Waals surface area contributed by atoms with Crippen molar-refractivity contribution < 1.29 is 14.3 Å². The fraction of sp³-hybridized carbons (Fsp3) is 0.385. The zero-order valence-electron chi connectivity index (χ0n) is 19.9. The molecule has 1 amide bonds. The number of unbranched alkanes of at least 4 members (excludes halogenated alkanes) is 2. The molecule has 2 aromatic carbocycles. The van der Waals surface area contributed by atoms with Crippen molar-refractivity contribution in [3.05, 3.63) is 54.1 Å². The normalized spacial score (nSPS) is 14.6. The van der Waals surface area contributed by atoms with E-state index in [1.54, 1.807) is 16.7 Å². The van der Waals surface area contributed by atoms with Crippen molar-refractivity contribution in [3.63, 3.8) is 0 Å². The topological polar surface area (TPSA) is 77.4 Å². The summed E-state index contributed by atoms with van der Waals surface area (Å²) in [6, 6.07) is 15.3.